The SMILES string of the molecule is COc1ccc(CC[C@H](N)C(=O)O)cc1F. The van der Waals surface area contributed by atoms with E-state index in [9.17, 15) is 9.18 Å². The molecule has 0 saturated carbocycles. The summed E-state index contributed by atoms with van der Waals surface area (Å²) in [6.07, 6.45) is 0.704. The molecule has 0 radical (unpaired) electrons. The zero-order valence-electron chi connectivity index (χ0n) is 8.94. The van der Waals surface area contributed by atoms with Gasteiger partial charge in [-0.25, -0.2) is 4.39 Å². The van der Waals surface area contributed by atoms with E-state index in [0.717, 1.165) is 0 Å². The lowest BCUT2D eigenvalue weighted by Gasteiger charge is -2.07. The Bertz CT molecular complexity index is 381. The number of aryl methyl sites for hydroxylation is 1. The normalized spacial score (nSPS) is 12.2. The van der Waals surface area contributed by atoms with Crippen LogP contribution < -0.4 is 10.5 Å². The molecule has 0 fully saturated rings. The number of rotatable bonds is 5. The van der Waals surface area contributed by atoms with Crippen LogP contribution in [0.2, 0.25) is 0 Å². The predicted octanol–water partition coefficient (Wildman–Crippen LogP) is 1.18. The topological polar surface area (TPSA) is 72.5 Å². The summed E-state index contributed by atoms with van der Waals surface area (Å²) in [5.41, 5.74) is 6.04. The van der Waals surface area contributed by atoms with Gasteiger partial charge in [0.05, 0.1) is 7.11 Å². The van der Waals surface area contributed by atoms with E-state index in [1.165, 1.54) is 19.2 Å². The molecule has 16 heavy (non-hydrogen) atoms. The van der Waals surface area contributed by atoms with E-state index in [-0.39, 0.29) is 12.2 Å². The Morgan fingerprint density at radius 3 is 2.81 bits per heavy atom. The Morgan fingerprint density at radius 1 is 1.62 bits per heavy atom. The van der Waals surface area contributed by atoms with E-state index in [2.05, 4.69) is 0 Å². The van der Waals surface area contributed by atoms with Crippen molar-refractivity contribution < 1.29 is 19.0 Å². The summed E-state index contributed by atoms with van der Waals surface area (Å²) in [5.74, 6) is -1.33. The van der Waals surface area contributed by atoms with Crippen LogP contribution in [0.5, 0.6) is 5.75 Å². The first kappa shape index (κ1) is 12.4. The highest BCUT2D eigenvalue weighted by Gasteiger charge is 2.11. The Labute approximate surface area is 92.8 Å². The molecule has 0 unspecified atom stereocenters. The number of carbonyl (C=O) groups is 1. The number of nitrogens with two attached hydrogens (primary N) is 1. The zero-order valence-corrected chi connectivity index (χ0v) is 8.94. The lowest BCUT2D eigenvalue weighted by Crippen LogP contribution is -2.30. The zero-order chi connectivity index (χ0) is 12.1. The number of benzene rings is 1. The maximum atomic E-state index is 13.3. The van der Waals surface area contributed by atoms with Crippen molar-refractivity contribution in [2.45, 2.75) is 18.9 Å². The van der Waals surface area contributed by atoms with Gasteiger partial charge in [-0.3, -0.25) is 4.79 Å². The maximum absolute atomic E-state index is 13.3. The molecule has 0 heterocycles. The van der Waals surface area contributed by atoms with Crippen LogP contribution in [0, 0.1) is 5.82 Å². The molecule has 0 aliphatic rings. The second-order valence-corrected chi connectivity index (χ2v) is 3.45. The lowest BCUT2D eigenvalue weighted by molar-refractivity contribution is -0.138. The fourth-order valence-electron chi connectivity index (χ4n) is 1.31. The van der Waals surface area contributed by atoms with Crippen LogP contribution in [0.25, 0.3) is 0 Å². The number of halogens is 1. The van der Waals surface area contributed by atoms with Crippen molar-refractivity contribution in [1.82, 2.24) is 0 Å². The van der Waals surface area contributed by atoms with Gasteiger partial charge in [-0.2, -0.15) is 0 Å². The fraction of sp³-hybridized carbons (Fsp3) is 0.364. The molecule has 1 aromatic rings. The van der Waals surface area contributed by atoms with Crippen molar-refractivity contribution in [3.8, 4) is 5.75 Å². The first-order valence-corrected chi connectivity index (χ1v) is 4.85. The predicted molar refractivity (Wildman–Crippen MR) is 56.9 cm³/mol. The first-order valence-electron chi connectivity index (χ1n) is 4.85. The Morgan fingerprint density at radius 2 is 2.31 bits per heavy atom. The molecule has 1 rings (SSSR count). The van der Waals surface area contributed by atoms with E-state index in [1.54, 1.807) is 6.07 Å². The monoisotopic (exact) mass is 227 g/mol. The minimum Gasteiger partial charge on any atom is -0.494 e. The average molecular weight is 227 g/mol. The third-order valence-electron chi connectivity index (χ3n) is 2.28. The summed E-state index contributed by atoms with van der Waals surface area (Å²) < 4.78 is 18.0. The van der Waals surface area contributed by atoms with E-state index in [0.29, 0.717) is 12.0 Å². The van der Waals surface area contributed by atoms with Crippen LogP contribution in [-0.2, 0) is 11.2 Å². The minimum atomic E-state index is -1.05. The number of hydrogen-bond donors (Lipinski definition) is 2. The van der Waals surface area contributed by atoms with Gasteiger partial charge in [0.25, 0.3) is 0 Å². The highest BCUT2D eigenvalue weighted by Crippen LogP contribution is 2.18. The minimum absolute atomic E-state index is 0.172. The van der Waals surface area contributed by atoms with E-state index in [1.807, 2.05) is 0 Å². The molecule has 0 amide bonds. The smallest absolute Gasteiger partial charge is 0.320 e. The molecule has 4 nitrogen and oxygen atoms in total. The third-order valence-corrected chi connectivity index (χ3v) is 2.28. The van der Waals surface area contributed by atoms with Gasteiger partial charge in [0.15, 0.2) is 11.6 Å². The van der Waals surface area contributed by atoms with E-state index < -0.39 is 17.8 Å². The molecular formula is C11H14FNO3. The van der Waals surface area contributed by atoms with Gasteiger partial charge in [0.1, 0.15) is 6.04 Å². The highest BCUT2D eigenvalue weighted by molar-refractivity contribution is 5.73. The fourth-order valence-corrected chi connectivity index (χ4v) is 1.31. The molecule has 1 atom stereocenters. The van der Waals surface area contributed by atoms with Crippen molar-refractivity contribution in [3.63, 3.8) is 0 Å². The summed E-state index contributed by atoms with van der Waals surface area (Å²) in [5, 5.41) is 8.58. The molecule has 0 saturated heterocycles. The van der Waals surface area contributed by atoms with E-state index in [4.69, 9.17) is 15.6 Å². The first-order chi connectivity index (χ1) is 7.54. The highest BCUT2D eigenvalue weighted by atomic mass is 19.1. The van der Waals surface area contributed by atoms with Crippen molar-refractivity contribution in [1.29, 1.82) is 0 Å². The molecule has 3 N–H and O–H groups in total. The quantitative estimate of drug-likeness (QED) is 0.792. The van der Waals surface area contributed by atoms with Crippen LogP contribution in [0.3, 0.4) is 0 Å². The molecule has 5 heteroatoms. The second kappa shape index (κ2) is 5.46. The van der Waals surface area contributed by atoms with Crippen LogP contribution in [0.1, 0.15) is 12.0 Å². The number of methoxy groups -OCH3 is 1. The van der Waals surface area contributed by atoms with Crippen molar-refractivity contribution in [3.05, 3.63) is 29.6 Å². The molecule has 88 valence electrons. The summed E-state index contributed by atoms with van der Waals surface area (Å²) in [7, 11) is 1.39. The molecule has 1 aromatic carbocycles. The molecular weight excluding hydrogens is 213 g/mol. The lowest BCUT2D eigenvalue weighted by atomic mass is 10.1. The summed E-state index contributed by atoms with van der Waals surface area (Å²) in [6, 6.07) is 3.62. The average Bonchev–Trinajstić information content (AvgIpc) is 2.25. The van der Waals surface area contributed by atoms with Crippen LogP contribution in [-0.4, -0.2) is 24.2 Å². The Hall–Kier alpha value is -1.62. The number of ether oxygens (including phenoxy) is 1. The van der Waals surface area contributed by atoms with Crippen molar-refractivity contribution in [2.75, 3.05) is 7.11 Å². The van der Waals surface area contributed by atoms with Gasteiger partial charge < -0.3 is 15.6 Å². The summed E-state index contributed by atoms with van der Waals surface area (Å²) >= 11 is 0. The largest absolute Gasteiger partial charge is 0.494 e. The molecule has 0 aromatic heterocycles. The van der Waals surface area contributed by atoms with Gasteiger partial charge in [-0.15, -0.1) is 0 Å². The van der Waals surface area contributed by atoms with Crippen molar-refractivity contribution >= 4 is 5.97 Å². The molecule has 0 aliphatic heterocycles. The number of aliphatic carboxylic acids is 1. The van der Waals surface area contributed by atoms with E-state index >= 15 is 0 Å². The third kappa shape index (κ3) is 3.20. The number of carboxylic acid groups (broad SMARTS) is 1. The molecule has 0 spiro atoms. The standard InChI is InChI=1S/C11H14FNO3/c1-16-10-5-3-7(6-8(10)12)2-4-9(13)11(14)15/h3,5-6,9H,2,4,13H2,1H3,(H,14,15)/t9-/m0/s1. The van der Waals surface area contributed by atoms with Crippen LogP contribution in [0.15, 0.2) is 18.2 Å². The Kier molecular flexibility index (Phi) is 4.25. The van der Waals surface area contributed by atoms with Gasteiger partial charge in [0.2, 0.25) is 0 Å². The van der Waals surface area contributed by atoms with Crippen molar-refractivity contribution in [2.24, 2.45) is 5.73 Å². The molecule has 0 bridgehead atoms. The van der Waals surface area contributed by atoms with Gasteiger partial charge in [-0.1, -0.05) is 6.07 Å². The molecule has 0 aliphatic carbocycles. The Balaban J connectivity index is 2.62. The number of hydrogen-bond acceptors (Lipinski definition) is 3. The summed E-state index contributed by atoms with van der Waals surface area (Å²) in [4.78, 5) is 10.5. The van der Waals surface area contributed by atoms with Gasteiger partial charge in [0, 0.05) is 0 Å². The number of carboxylic acids is 1. The van der Waals surface area contributed by atoms with Crippen LogP contribution in [0.4, 0.5) is 4.39 Å². The van der Waals surface area contributed by atoms with Gasteiger partial charge in [-0.05, 0) is 30.5 Å². The van der Waals surface area contributed by atoms with Crippen LogP contribution >= 0.6 is 0 Å². The maximum Gasteiger partial charge on any atom is 0.320 e. The second-order valence-electron chi connectivity index (χ2n) is 3.45. The van der Waals surface area contributed by atoms with Gasteiger partial charge >= 0.3 is 5.97 Å². The summed E-state index contributed by atoms with van der Waals surface area (Å²) in [6.45, 7) is 0.